The van der Waals surface area contributed by atoms with Gasteiger partial charge in [-0.1, -0.05) is 18.0 Å². The zero-order chi connectivity index (χ0) is 8.27. The van der Waals surface area contributed by atoms with Crippen molar-refractivity contribution in [3.05, 3.63) is 0 Å². The van der Waals surface area contributed by atoms with Gasteiger partial charge in [0.25, 0.3) is 0 Å². The first-order valence-corrected chi connectivity index (χ1v) is 3.65. The van der Waals surface area contributed by atoms with Gasteiger partial charge in [-0.05, 0) is 6.42 Å². The highest BCUT2D eigenvalue weighted by atomic mass is 16.6. The van der Waals surface area contributed by atoms with E-state index in [2.05, 4.69) is 11.1 Å². The van der Waals surface area contributed by atoms with E-state index in [0.717, 1.165) is 0 Å². The minimum Gasteiger partial charge on any atom is -0.389 e. The number of rotatable bonds is 2. The van der Waals surface area contributed by atoms with E-state index in [-0.39, 0.29) is 6.10 Å². The van der Waals surface area contributed by atoms with Crippen molar-refractivity contribution in [1.82, 2.24) is 0 Å². The lowest BCUT2D eigenvalue weighted by Crippen LogP contribution is -2.24. The fraction of sp³-hybridized carbons (Fsp3) is 0.625. The highest BCUT2D eigenvalue weighted by Crippen LogP contribution is 2.15. The molecular weight excluding hydrogens is 142 g/mol. The average molecular weight is 153 g/mol. The summed E-state index contributed by atoms with van der Waals surface area (Å²) < 4.78 is 0. The SMILES string of the molecule is C#CC1=NO[C@H]([C@H](O)CC)C1. The largest absolute Gasteiger partial charge is 0.389 e. The summed E-state index contributed by atoms with van der Waals surface area (Å²) in [6.07, 6.45) is 5.64. The second kappa shape index (κ2) is 3.40. The van der Waals surface area contributed by atoms with E-state index in [1.54, 1.807) is 0 Å². The summed E-state index contributed by atoms with van der Waals surface area (Å²) >= 11 is 0. The van der Waals surface area contributed by atoms with Crippen molar-refractivity contribution in [2.45, 2.75) is 32.0 Å². The number of aliphatic hydroxyl groups excluding tert-OH is 1. The molecular formula is C8H11NO2. The summed E-state index contributed by atoms with van der Waals surface area (Å²) in [5, 5.41) is 12.9. The second-order valence-corrected chi connectivity index (χ2v) is 2.51. The minimum atomic E-state index is -0.454. The number of terminal acetylenes is 1. The highest BCUT2D eigenvalue weighted by Gasteiger charge is 2.25. The molecule has 1 heterocycles. The molecule has 3 nitrogen and oxygen atoms in total. The van der Waals surface area contributed by atoms with Crippen LogP contribution in [0.5, 0.6) is 0 Å². The van der Waals surface area contributed by atoms with Crippen molar-refractivity contribution in [3.63, 3.8) is 0 Å². The van der Waals surface area contributed by atoms with Crippen LogP contribution in [0.25, 0.3) is 0 Å². The quantitative estimate of drug-likeness (QED) is 0.588. The number of hydrogen-bond donors (Lipinski definition) is 1. The van der Waals surface area contributed by atoms with Crippen LogP contribution in [-0.2, 0) is 4.84 Å². The maximum atomic E-state index is 9.30. The Morgan fingerprint density at radius 3 is 3.18 bits per heavy atom. The number of aliphatic hydroxyl groups is 1. The van der Waals surface area contributed by atoms with Gasteiger partial charge in [-0.2, -0.15) is 0 Å². The molecule has 1 N–H and O–H groups in total. The maximum absolute atomic E-state index is 9.30. The number of oxime groups is 1. The molecule has 0 fully saturated rings. The van der Waals surface area contributed by atoms with Crippen molar-refractivity contribution in [1.29, 1.82) is 0 Å². The summed E-state index contributed by atoms with van der Waals surface area (Å²) in [5.41, 5.74) is 0.586. The Labute approximate surface area is 66.0 Å². The molecule has 0 bridgehead atoms. The summed E-state index contributed by atoms with van der Waals surface area (Å²) in [5.74, 6) is 2.39. The van der Waals surface area contributed by atoms with Crippen LogP contribution < -0.4 is 0 Å². The smallest absolute Gasteiger partial charge is 0.159 e. The van der Waals surface area contributed by atoms with E-state index in [4.69, 9.17) is 11.3 Å². The van der Waals surface area contributed by atoms with Crippen LogP contribution in [0.3, 0.4) is 0 Å². The molecule has 0 aromatic rings. The van der Waals surface area contributed by atoms with Gasteiger partial charge in [-0.15, -0.1) is 6.42 Å². The van der Waals surface area contributed by atoms with E-state index in [9.17, 15) is 5.11 Å². The van der Waals surface area contributed by atoms with Gasteiger partial charge in [0.05, 0.1) is 6.10 Å². The van der Waals surface area contributed by atoms with Crippen LogP contribution in [0, 0.1) is 12.3 Å². The van der Waals surface area contributed by atoms with E-state index < -0.39 is 6.10 Å². The fourth-order valence-electron chi connectivity index (χ4n) is 0.951. The van der Waals surface area contributed by atoms with Crippen LogP contribution in [0.4, 0.5) is 0 Å². The molecule has 0 amide bonds. The Balaban J connectivity index is 2.42. The molecule has 0 aromatic heterocycles. The van der Waals surface area contributed by atoms with E-state index in [0.29, 0.717) is 18.6 Å². The van der Waals surface area contributed by atoms with Crippen LogP contribution in [-0.4, -0.2) is 23.0 Å². The lowest BCUT2D eigenvalue weighted by Gasteiger charge is -2.12. The van der Waals surface area contributed by atoms with E-state index in [1.807, 2.05) is 6.92 Å². The molecule has 60 valence electrons. The number of hydrogen-bond acceptors (Lipinski definition) is 3. The van der Waals surface area contributed by atoms with E-state index in [1.165, 1.54) is 0 Å². The van der Waals surface area contributed by atoms with Gasteiger partial charge in [0.15, 0.2) is 6.10 Å². The average Bonchev–Trinajstić information content (AvgIpc) is 2.50. The van der Waals surface area contributed by atoms with Gasteiger partial charge in [0, 0.05) is 6.42 Å². The minimum absolute atomic E-state index is 0.231. The molecule has 1 aliphatic heterocycles. The molecule has 0 saturated heterocycles. The molecule has 1 rings (SSSR count). The second-order valence-electron chi connectivity index (χ2n) is 2.51. The summed E-state index contributed by atoms with van der Waals surface area (Å²) in [6.45, 7) is 1.89. The Kier molecular flexibility index (Phi) is 2.50. The van der Waals surface area contributed by atoms with Gasteiger partial charge in [0.1, 0.15) is 5.71 Å². The third-order valence-corrected chi connectivity index (χ3v) is 1.71. The topological polar surface area (TPSA) is 41.8 Å². The zero-order valence-electron chi connectivity index (χ0n) is 6.45. The molecule has 0 aliphatic carbocycles. The summed E-state index contributed by atoms with van der Waals surface area (Å²) in [6, 6.07) is 0. The zero-order valence-corrected chi connectivity index (χ0v) is 6.45. The molecule has 0 aromatic carbocycles. The molecule has 0 spiro atoms. The lowest BCUT2D eigenvalue weighted by molar-refractivity contribution is -0.0182. The van der Waals surface area contributed by atoms with Crippen molar-refractivity contribution in [3.8, 4) is 12.3 Å². The maximum Gasteiger partial charge on any atom is 0.159 e. The van der Waals surface area contributed by atoms with Gasteiger partial charge >= 0.3 is 0 Å². The van der Waals surface area contributed by atoms with Crippen molar-refractivity contribution >= 4 is 5.71 Å². The van der Waals surface area contributed by atoms with Crippen molar-refractivity contribution < 1.29 is 9.94 Å². The fourth-order valence-corrected chi connectivity index (χ4v) is 0.951. The molecule has 0 radical (unpaired) electrons. The Bertz CT molecular complexity index is 205. The standard InChI is InChI=1S/C8H11NO2/c1-3-6-5-8(11-9-6)7(10)4-2/h1,7-8,10H,4-5H2,2H3/t7-,8+/m1/s1. The van der Waals surface area contributed by atoms with Gasteiger partial charge in [0.2, 0.25) is 0 Å². The first kappa shape index (κ1) is 8.09. The van der Waals surface area contributed by atoms with Crippen molar-refractivity contribution in [2.75, 3.05) is 0 Å². The van der Waals surface area contributed by atoms with Crippen LogP contribution in [0.1, 0.15) is 19.8 Å². The first-order valence-electron chi connectivity index (χ1n) is 3.65. The Morgan fingerprint density at radius 1 is 2.00 bits per heavy atom. The highest BCUT2D eigenvalue weighted by molar-refractivity contribution is 6.00. The third-order valence-electron chi connectivity index (χ3n) is 1.71. The monoisotopic (exact) mass is 153 g/mol. The third kappa shape index (κ3) is 1.72. The Hall–Kier alpha value is -1.01. The van der Waals surface area contributed by atoms with Gasteiger partial charge < -0.3 is 9.94 Å². The molecule has 1 aliphatic rings. The predicted molar refractivity (Wildman–Crippen MR) is 42.1 cm³/mol. The van der Waals surface area contributed by atoms with Gasteiger partial charge in [-0.25, -0.2) is 0 Å². The van der Waals surface area contributed by atoms with E-state index >= 15 is 0 Å². The summed E-state index contributed by atoms with van der Waals surface area (Å²) in [4.78, 5) is 4.90. The van der Waals surface area contributed by atoms with Crippen LogP contribution in [0.15, 0.2) is 5.16 Å². The van der Waals surface area contributed by atoms with Gasteiger partial charge in [-0.3, -0.25) is 0 Å². The van der Waals surface area contributed by atoms with Crippen LogP contribution >= 0.6 is 0 Å². The predicted octanol–water partition coefficient (Wildman–Crippen LogP) is 0.535. The van der Waals surface area contributed by atoms with Crippen molar-refractivity contribution in [2.24, 2.45) is 5.16 Å². The number of nitrogens with zero attached hydrogens (tertiary/aromatic N) is 1. The first-order chi connectivity index (χ1) is 5.27. The molecule has 0 saturated carbocycles. The summed E-state index contributed by atoms with van der Waals surface area (Å²) in [7, 11) is 0. The lowest BCUT2D eigenvalue weighted by atomic mass is 10.1. The molecule has 2 atom stereocenters. The molecule has 0 unspecified atom stereocenters. The van der Waals surface area contributed by atoms with Crippen LogP contribution in [0.2, 0.25) is 0 Å². The Morgan fingerprint density at radius 2 is 2.73 bits per heavy atom. The molecule has 11 heavy (non-hydrogen) atoms. The molecule has 3 heteroatoms. The normalized spacial score (nSPS) is 25.2.